The lowest BCUT2D eigenvalue weighted by atomic mass is 9.98. The van der Waals surface area contributed by atoms with Crippen LogP contribution < -0.4 is 5.32 Å². The van der Waals surface area contributed by atoms with Crippen molar-refractivity contribution < 1.29 is 4.79 Å². The molecule has 3 N–H and O–H groups in total. The Hall–Kier alpha value is -1.98. The van der Waals surface area contributed by atoms with E-state index in [-0.39, 0.29) is 5.91 Å². The summed E-state index contributed by atoms with van der Waals surface area (Å²) >= 11 is 12.6. The van der Waals surface area contributed by atoms with Crippen molar-refractivity contribution in [2.24, 2.45) is 0 Å². The van der Waals surface area contributed by atoms with Crippen LogP contribution in [0.15, 0.2) is 18.5 Å². The summed E-state index contributed by atoms with van der Waals surface area (Å²) in [6.45, 7) is 0.616. The largest absolute Gasteiger partial charge is 0.357 e. The van der Waals surface area contributed by atoms with Crippen LogP contribution in [0.5, 0.6) is 0 Å². The van der Waals surface area contributed by atoms with E-state index < -0.39 is 0 Å². The van der Waals surface area contributed by atoms with Gasteiger partial charge in [0.1, 0.15) is 0 Å². The zero-order valence-electron chi connectivity index (χ0n) is 11.5. The molecule has 4 rings (SSSR count). The Bertz CT molecular complexity index is 883. The van der Waals surface area contributed by atoms with Crippen LogP contribution in [0, 0.1) is 0 Å². The summed E-state index contributed by atoms with van der Waals surface area (Å²) in [6, 6.07) is 1.83. The van der Waals surface area contributed by atoms with E-state index in [1.807, 2.05) is 6.07 Å². The van der Waals surface area contributed by atoms with E-state index in [0.717, 1.165) is 39.7 Å². The number of nitrogens with zero attached hydrogens (tertiary/aromatic N) is 1. The summed E-state index contributed by atoms with van der Waals surface area (Å²) in [6.07, 6.45) is 4.61. The van der Waals surface area contributed by atoms with Gasteiger partial charge in [0.05, 0.1) is 28.2 Å². The highest BCUT2D eigenvalue weighted by molar-refractivity contribution is 6.45. The van der Waals surface area contributed by atoms with Crippen LogP contribution in [0.2, 0.25) is 10.0 Å². The first-order valence-electron chi connectivity index (χ1n) is 6.92. The smallest absolute Gasteiger partial charge is 0.224 e. The molecular formula is C15H12Cl2N4O. The lowest BCUT2D eigenvalue weighted by Gasteiger charge is -2.07. The summed E-state index contributed by atoms with van der Waals surface area (Å²) < 4.78 is 0. The molecule has 5 nitrogen and oxygen atoms in total. The fraction of sp³-hybridized carbons (Fsp3) is 0.200. The topological polar surface area (TPSA) is 73.6 Å². The standard InChI is InChI=1S/C15H12Cl2N4O/c16-10-3-8(7-5-19-20-6-7)13-9-4-12(22)18-2-1-11(9)21-15(13)14(10)17/h3,5-6,21H,1-2,4H2,(H,18,22)(H,19,20). The van der Waals surface area contributed by atoms with Gasteiger partial charge in [-0.15, -0.1) is 0 Å². The second-order valence-corrected chi connectivity index (χ2v) is 6.10. The highest BCUT2D eigenvalue weighted by Crippen LogP contribution is 2.41. The molecule has 0 atom stereocenters. The van der Waals surface area contributed by atoms with Gasteiger partial charge in [0, 0.05) is 35.8 Å². The average molecular weight is 335 g/mol. The fourth-order valence-corrected chi connectivity index (χ4v) is 3.42. The molecule has 0 saturated carbocycles. The molecule has 1 aliphatic rings. The molecule has 7 heteroatoms. The van der Waals surface area contributed by atoms with E-state index in [1.165, 1.54) is 0 Å². The fourth-order valence-electron chi connectivity index (χ4n) is 3.02. The second-order valence-electron chi connectivity index (χ2n) is 5.32. The molecule has 3 aromatic rings. The van der Waals surface area contributed by atoms with Crippen molar-refractivity contribution in [2.45, 2.75) is 12.8 Å². The molecule has 1 aromatic carbocycles. The molecule has 0 fully saturated rings. The molecule has 0 spiro atoms. The van der Waals surface area contributed by atoms with Crippen LogP contribution in [-0.2, 0) is 17.6 Å². The molecule has 0 aliphatic carbocycles. The van der Waals surface area contributed by atoms with Crippen molar-refractivity contribution in [3.63, 3.8) is 0 Å². The Kier molecular flexibility index (Phi) is 3.13. The first-order valence-corrected chi connectivity index (χ1v) is 7.68. The number of amides is 1. The van der Waals surface area contributed by atoms with Gasteiger partial charge in [-0.2, -0.15) is 5.10 Å². The van der Waals surface area contributed by atoms with Gasteiger partial charge in [0.2, 0.25) is 5.91 Å². The molecule has 0 unspecified atom stereocenters. The third-order valence-corrected chi connectivity index (χ3v) is 4.79. The second kappa shape index (κ2) is 5.04. The Balaban J connectivity index is 2.09. The van der Waals surface area contributed by atoms with Crippen molar-refractivity contribution >= 4 is 40.0 Å². The number of halogens is 2. The van der Waals surface area contributed by atoms with Gasteiger partial charge in [-0.1, -0.05) is 23.2 Å². The quantitative estimate of drug-likeness (QED) is 0.639. The Labute approximate surface area is 136 Å². The maximum absolute atomic E-state index is 11.9. The van der Waals surface area contributed by atoms with E-state index in [2.05, 4.69) is 20.5 Å². The van der Waals surface area contributed by atoms with Crippen molar-refractivity contribution in [1.29, 1.82) is 0 Å². The minimum absolute atomic E-state index is 0.0175. The maximum atomic E-state index is 11.9. The summed E-state index contributed by atoms with van der Waals surface area (Å²) in [5.41, 5.74) is 4.63. The lowest BCUT2D eigenvalue weighted by molar-refractivity contribution is -0.120. The monoisotopic (exact) mass is 334 g/mol. The molecule has 0 bridgehead atoms. The minimum atomic E-state index is 0.0175. The normalized spacial score (nSPS) is 14.7. The molecule has 2 aromatic heterocycles. The number of benzene rings is 1. The molecular weight excluding hydrogens is 323 g/mol. The molecule has 3 heterocycles. The minimum Gasteiger partial charge on any atom is -0.357 e. The zero-order chi connectivity index (χ0) is 15.3. The van der Waals surface area contributed by atoms with Crippen LogP contribution in [0.1, 0.15) is 11.3 Å². The predicted molar refractivity (Wildman–Crippen MR) is 86.3 cm³/mol. The van der Waals surface area contributed by atoms with E-state index in [4.69, 9.17) is 23.2 Å². The molecule has 112 valence electrons. The zero-order valence-corrected chi connectivity index (χ0v) is 13.0. The van der Waals surface area contributed by atoms with Crippen molar-refractivity contribution in [3.8, 4) is 11.1 Å². The van der Waals surface area contributed by atoms with Crippen molar-refractivity contribution in [3.05, 3.63) is 39.8 Å². The van der Waals surface area contributed by atoms with Crippen LogP contribution in [0.4, 0.5) is 0 Å². The average Bonchev–Trinajstić information content (AvgIpc) is 3.09. The summed E-state index contributed by atoms with van der Waals surface area (Å²) in [5.74, 6) is 0.0175. The number of rotatable bonds is 1. The Morgan fingerprint density at radius 2 is 2.14 bits per heavy atom. The molecule has 22 heavy (non-hydrogen) atoms. The van der Waals surface area contributed by atoms with Gasteiger partial charge < -0.3 is 10.3 Å². The Morgan fingerprint density at radius 1 is 1.27 bits per heavy atom. The number of hydrogen-bond acceptors (Lipinski definition) is 2. The summed E-state index contributed by atoms with van der Waals surface area (Å²) in [5, 5.41) is 11.6. The van der Waals surface area contributed by atoms with Crippen LogP contribution in [0.3, 0.4) is 0 Å². The van der Waals surface area contributed by atoms with Gasteiger partial charge >= 0.3 is 0 Å². The number of fused-ring (bicyclic) bond motifs is 3. The molecule has 1 amide bonds. The van der Waals surface area contributed by atoms with Crippen LogP contribution >= 0.6 is 23.2 Å². The van der Waals surface area contributed by atoms with E-state index in [0.29, 0.717) is 23.0 Å². The maximum Gasteiger partial charge on any atom is 0.224 e. The third kappa shape index (κ3) is 2.01. The molecule has 0 radical (unpaired) electrons. The lowest BCUT2D eigenvalue weighted by Crippen LogP contribution is -2.24. The number of nitrogens with one attached hydrogen (secondary N) is 3. The van der Waals surface area contributed by atoms with Crippen LogP contribution in [0.25, 0.3) is 22.0 Å². The van der Waals surface area contributed by atoms with Gasteiger partial charge in [0.25, 0.3) is 0 Å². The van der Waals surface area contributed by atoms with E-state index >= 15 is 0 Å². The van der Waals surface area contributed by atoms with Gasteiger partial charge in [-0.25, -0.2) is 0 Å². The highest BCUT2D eigenvalue weighted by Gasteiger charge is 2.23. The SMILES string of the molecule is O=C1Cc2c([nH]c3c(Cl)c(Cl)cc(-c4cn[nH]c4)c23)CCN1. The third-order valence-electron chi connectivity index (χ3n) is 4.01. The number of carbonyl (C=O) groups is 1. The van der Waals surface area contributed by atoms with Crippen LogP contribution in [-0.4, -0.2) is 27.6 Å². The molecule has 1 aliphatic heterocycles. The predicted octanol–water partition coefficient (Wildman–Crippen LogP) is 3.08. The summed E-state index contributed by atoms with van der Waals surface area (Å²) in [7, 11) is 0. The highest BCUT2D eigenvalue weighted by atomic mass is 35.5. The Morgan fingerprint density at radius 3 is 2.91 bits per heavy atom. The number of H-pyrrole nitrogens is 2. The summed E-state index contributed by atoms with van der Waals surface area (Å²) in [4.78, 5) is 15.3. The van der Waals surface area contributed by atoms with E-state index in [9.17, 15) is 4.79 Å². The van der Waals surface area contributed by atoms with Gasteiger partial charge in [0.15, 0.2) is 0 Å². The van der Waals surface area contributed by atoms with E-state index in [1.54, 1.807) is 12.4 Å². The first kappa shape index (κ1) is 13.7. The van der Waals surface area contributed by atoms with Crippen molar-refractivity contribution in [1.82, 2.24) is 20.5 Å². The van der Waals surface area contributed by atoms with Gasteiger partial charge in [-0.05, 0) is 17.2 Å². The first-order chi connectivity index (χ1) is 10.6. The molecule has 0 saturated heterocycles. The van der Waals surface area contributed by atoms with Gasteiger partial charge in [-0.3, -0.25) is 9.89 Å². The number of aromatic nitrogens is 3. The van der Waals surface area contributed by atoms with Crippen molar-refractivity contribution in [2.75, 3.05) is 6.54 Å². The number of carbonyl (C=O) groups excluding carboxylic acids is 1. The number of hydrogen-bond donors (Lipinski definition) is 3. The number of aromatic amines is 2.